The number of benzene rings is 3. The maximum Gasteiger partial charge on any atom is 0.269 e. The summed E-state index contributed by atoms with van der Waals surface area (Å²) in [6.07, 6.45) is 0. The highest BCUT2D eigenvalue weighted by Gasteiger charge is 2.32. The summed E-state index contributed by atoms with van der Waals surface area (Å²) in [4.78, 5) is 35.9. The second-order valence-corrected chi connectivity index (χ2v) is 5.96. The number of carbonyl (C=O) groups excluding carboxylic acids is 2. The summed E-state index contributed by atoms with van der Waals surface area (Å²) in [7, 11) is 0. The molecule has 126 valence electrons. The van der Waals surface area contributed by atoms with Crippen LogP contribution in [-0.2, 0) is 0 Å². The lowest BCUT2D eigenvalue weighted by Gasteiger charge is -2.20. The number of non-ortho nitro benzene ring substituents is 1. The van der Waals surface area contributed by atoms with Gasteiger partial charge in [-0.2, -0.15) is 0 Å². The minimum atomic E-state index is -0.487. The number of nitrogens with zero attached hydrogens (tertiary/aromatic N) is 1. The first kappa shape index (κ1) is 15.7. The topological polar surface area (TPSA) is 103 Å². The molecule has 4 rings (SSSR count). The Morgan fingerprint density at radius 1 is 0.731 bits per heavy atom. The lowest BCUT2D eigenvalue weighted by molar-refractivity contribution is -0.384. The van der Waals surface area contributed by atoms with Gasteiger partial charge < -0.3 is 5.73 Å². The van der Waals surface area contributed by atoms with Crippen molar-refractivity contribution in [3.63, 3.8) is 0 Å². The Labute approximate surface area is 148 Å². The smallest absolute Gasteiger partial charge is 0.269 e. The molecule has 1 aliphatic carbocycles. The molecule has 26 heavy (non-hydrogen) atoms. The van der Waals surface area contributed by atoms with Gasteiger partial charge in [-0.1, -0.05) is 30.3 Å². The third kappa shape index (κ3) is 2.20. The average Bonchev–Trinajstić information content (AvgIpc) is 2.66. The molecule has 6 nitrogen and oxygen atoms in total. The Morgan fingerprint density at radius 3 is 1.92 bits per heavy atom. The Bertz CT molecular complexity index is 1100. The van der Waals surface area contributed by atoms with Crippen LogP contribution < -0.4 is 5.73 Å². The zero-order valence-electron chi connectivity index (χ0n) is 13.4. The van der Waals surface area contributed by atoms with E-state index >= 15 is 0 Å². The first-order valence-corrected chi connectivity index (χ1v) is 7.85. The molecule has 3 aromatic carbocycles. The van der Waals surface area contributed by atoms with Crippen LogP contribution in [0.5, 0.6) is 0 Å². The van der Waals surface area contributed by atoms with Gasteiger partial charge in [-0.15, -0.1) is 0 Å². The lowest BCUT2D eigenvalue weighted by Crippen LogP contribution is -2.22. The fraction of sp³-hybridized carbons (Fsp3) is 0. The summed E-state index contributed by atoms with van der Waals surface area (Å²) in [5.74, 6) is -0.534. The predicted molar refractivity (Wildman–Crippen MR) is 96.3 cm³/mol. The van der Waals surface area contributed by atoms with Gasteiger partial charge in [0.15, 0.2) is 11.6 Å². The number of nitro benzene ring substituents is 1. The minimum Gasteiger partial charge on any atom is -0.398 e. The highest BCUT2D eigenvalue weighted by Crippen LogP contribution is 2.37. The van der Waals surface area contributed by atoms with Gasteiger partial charge in [0.05, 0.1) is 16.2 Å². The molecule has 0 saturated heterocycles. The van der Waals surface area contributed by atoms with Crippen LogP contribution in [-0.4, -0.2) is 16.5 Å². The predicted octanol–water partition coefficient (Wildman–Crippen LogP) is 3.62. The summed E-state index contributed by atoms with van der Waals surface area (Å²) in [5.41, 5.74) is 8.75. The van der Waals surface area contributed by atoms with E-state index in [1.54, 1.807) is 48.5 Å². The molecule has 1 aliphatic rings. The average molecular weight is 344 g/mol. The van der Waals surface area contributed by atoms with Gasteiger partial charge in [0.2, 0.25) is 0 Å². The van der Waals surface area contributed by atoms with Crippen LogP contribution in [0, 0.1) is 10.1 Å². The van der Waals surface area contributed by atoms with Gasteiger partial charge in [0.25, 0.3) is 5.69 Å². The molecule has 0 radical (unpaired) electrons. The first-order valence-electron chi connectivity index (χ1n) is 7.85. The van der Waals surface area contributed by atoms with E-state index in [0.717, 1.165) is 0 Å². The second kappa shape index (κ2) is 5.63. The number of carbonyl (C=O) groups is 2. The van der Waals surface area contributed by atoms with Gasteiger partial charge >= 0.3 is 0 Å². The van der Waals surface area contributed by atoms with Crippen LogP contribution >= 0.6 is 0 Å². The van der Waals surface area contributed by atoms with Crippen molar-refractivity contribution in [1.82, 2.24) is 0 Å². The van der Waals surface area contributed by atoms with Gasteiger partial charge in [-0.05, 0) is 23.8 Å². The minimum absolute atomic E-state index is 0.0366. The maximum absolute atomic E-state index is 12.9. The van der Waals surface area contributed by atoms with Crippen LogP contribution in [0.25, 0.3) is 11.1 Å². The summed E-state index contributed by atoms with van der Waals surface area (Å²) >= 11 is 0. The molecule has 0 fully saturated rings. The van der Waals surface area contributed by atoms with Crippen LogP contribution in [0.15, 0.2) is 60.7 Å². The van der Waals surface area contributed by atoms with Gasteiger partial charge in [0.1, 0.15) is 0 Å². The van der Waals surface area contributed by atoms with E-state index in [4.69, 9.17) is 5.73 Å². The zero-order chi connectivity index (χ0) is 18.4. The summed E-state index contributed by atoms with van der Waals surface area (Å²) in [6, 6.07) is 15.8. The van der Waals surface area contributed by atoms with E-state index in [0.29, 0.717) is 22.3 Å². The third-order valence-corrected chi connectivity index (χ3v) is 4.52. The quantitative estimate of drug-likeness (QED) is 0.340. The van der Waals surface area contributed by atoms with Crippen molar-refractivity contribution in [3.8, 4) is 11.1 Å². The zero-order valence-corrected chi connectivity index (χ0v) is 13.4. The van der Waals surface area contributed by atoms with Crippen molar-refractivity contribution in [3.05, 3.63) is 93.0 Å². The molecule has 0 bridgehead atoms. The molecule has 0 atom stereocenters. The number of nitrogen functional groups attached to an aromatic ring is 1. The highest BCUT2D eigenvalue weighted by molar-refractivity contribution is 6.30. The molecule has 2 N–H and O–H groups in total. The number of anilines is 1. The van der Waals surface area contributed by atoms with Crippen LogP contribution in [0.1, 0.15) is 31.8 Å². The molecular formula is C20H12N2O4. The highest BCUT2D eigenvalue weighted by atomic mass is 16.6. The Morgan fingerprint density at radius 2 is 1.31 bits per heavy atom. The standard InChI is InChI=1S/C20H12N2O4/c21-18-13(11-5-7-12(8-6-11)22(25)26)9-10-16-17(18)20(24)15-4-2-1-3-14(15)19(16)23/h1-10H,21H2. The molecule has 0 aromatic heterocycles. The van der Waals surface area contributed by atoms with E-state index in [2.05, 4.69) is 0 Å². The van der Waals surface area contributed by atoms with Crippen molar-refractivity contribution < 1.29 is 14.5 Å². The van der Waals surface area contributed by atoms with Crippen molar-refractivity contribution in [1.29, 1.82) is 0 Å². The number of ketones is 2. The molecule has 0 saturated carbocycles. The Kier molecular flexibility index (Phi) is 3.40. The van der Waals surface area contributed by atoms with E-state index in [1.165, 1.54) is 12.1 Å². The summed E-state index contributed by atoms with van der Waals surface area (Å²) < 4.78 is 0. The molecule has 6 heteroatoms. The normalized spacial score (nSPS) is 12.5. The SMILES string of the molecule is Nc1c(-c2ccc([N+](=O)[O-])cc2)ccc2c1C(=O)c1ccccc1C2=O. The van der Waals surface area contributed by atoms with Crippen LogP contribution in [0.4, 0.5) is 11.4 Å². The maximum atomic E-state index is 12.9. The van der Waals surface area contributed by atoms with Crippen molar-refractivity contribution in [2.45, 2.75) is 0 Å². The number of nitrogens with two attached hydrogens (primary N) is 1. The monoisotopic (exact) mass is 344 g/mol. The fourth-order valence-electron chi connectivity index (χ4n) is 3.23. The first-order chi connectivity index (χ1) is 12.5. The largest absolute Gasteiger partial charge is 0.398 e. The van der Waals surface area contributed by atoms with Gasteiger partial charge in [-0.3, -0.25) is 19.7 Å². The molecule has 0 amide bonds. The molecule has 0 unspecified atom stereocenters. The van der Waals surface area contributed by atoms with Crippen LogP contribution in [0.3, 0.4) is 0 Å². The van der Waals surface area contributed by atoms with Gasteiger partial charge in [0, 0.05) is 34.4 Å². The number of fused-ring (bicyclic) bond motifs is 2. The second-order valence-electron chi connectivity index (χ2n) is 5.96. The van der Waals surface area contributed by atoms with Gasteiger partial charge in [-0.25, -0.2) is 0 Å². The molecule has 0 aliphatic heterocycles. The lowest BCUT2D eigenvalue weighted by atomic mass is 9.81. The number of rotatable bonds is 2. The number of hydrogen-bond acceptors (Lipinski definition) is 5. The third-order valence-electron chi connectivity index (χ3n) is 4.52. The number of nitro groups is 1. The number of hydrogen-bond donors (Lipinski definition) is 1. The van der Waals surface area contributed by atoms with Crippen molar-refractivity contribution >= 4 is 22.9 Å². The molecule has 3 aromatic rings. The Balaban J connectivity index is 1.88. The molecular weight excluding hydrogens is 332 g/mol. The van der Waals surface area contributed by atoms with E-state index < -0.39 is 4.92 Å². The van der Waals surface area contributed by atoms with Crippen molar-refractivity contribution in [2.24, 2.45) is 0 Å². The van der Waals surface area contributed by atoms with E-state index in [-0.39, 0.29) is 34.1 Å². The van der Waals surface area contributed by atoms with E-state index in [9.17, 15) is 19.7 Å². The Hall–Kier alpha value is -3.80. The summed E-state index contributed by atoms with van der Waals surface area (Å²) in [5, 5.41) is 10.8. The fourth-order valence-corrected chi connectivity index (χ4v) is 3.23. The molecule has 0 heterocycles. The van der Waals surface area contributed by atoms with E-state index in [1.807, 2.05) is 0 Å². The molecule has 0 spiro atoms. The summed E-state index contributed by atoms with van der Waals surface area (Å²) in [6.45, 7) is 0. The van der Waals surface area contributed by atoms with Crippen molar-refractivity contribution in [2.75, 3.05) is 5.73 Å². The van der Waals surface area contributed by atoms with Crippen LogP contribution in [0.2, 0.25) is 0 Å².